The Balaban J connectivity index is 1.37. The number of nitrogens with two attached hydrogens (primary N) is 1. The molecule has 1 aromatic heterocycles. The summed E-state index contributed by atoms with van der Waals surface area (Å²) in [5.41, 5.74) is 10.1. The Labute approximate surface area is 203 Å². The van der Waals surface area contributed by atoms with Gasteiger partial charge in [0.15, 0.2) is 0 Å². The first-order valence-corrected chi connectivity index (χ1v) is 11.9. The number of hydrogen-bond acceptors (Lipinski definition) is 7. The van der Waals surface area contributed by atoms with Crippen LogP contribution in [0.15, 0.2) is 40.9 Å². The molecule has 0 bridgehead atoms. The molecule has 9 nitrogen and oxygen atoms in total. The highest BCUT2D eigenvalue weighted by Gasteiger charge is 2.30. The van der Waals surface area contributed by atoms with Crippen LogP contribution in [0, 0.1) is 11.3 Å². The van der Waals surface area contributed by atoms with E-state index in [0.29, 0.717) is 41.7 Å². The lowest BCUT2D eigenvalue weighted by atomic mass is 10.0. The zero-order valence-electron chi connectivity index (χ0n) is 19.8. The number of likely N-dealkylation sites (tertiary alicyclic amines) is 1. The van der Waals surface area contributed by atoms with Gasteiger partial charge in [-0.25, -0.2) is 4.79 Å². The summed E-state index contributed by atoms with van der Waals surface area (Å²) < 4.78 is 11.3. The topological polar surface area (TPSA) is 130 Å². The molecule has 1 aliphatic carbocycles. The Morgan fingerprint density at radius 1 is 1.31 bits per heavy atom. The quantitative estimate of drug-likeness (QED) is 0.578. The Morgan fingerprint density at radius 3 is 2.91 bits per heavy atom. The lowest BCUT2D eigenvalue weighted by Gasteiger charge is -2.21. The second-order valence-corrected chi connectivity index (χ2v) is 9.32. The summed E-state index contributed by atoms with van der Waals surface area (Å²) >= 11 is 0. The molecule has 1 aliphatic heterocycles. The number of fused-ring (bicyclic) bond motifs is 1. The van der Waals surface area contributed by atoms with E-state index in [-0.39, 0.29) is 24.2 Å². The summed E-state index contributed by atoms with van der Waals surface area (Å²) in [6.07, 6.45) is 2.41. The molecule has 1 fully saturated rings. The molecule has 0 unspecified atom stereocenters. The van der Waals surface area contributed by atoms with E-state index in [0.717, 1.165) is 36.0 Å². The molecule has 5 rings (SSSR count). The van der Waals surface area contributed by atoms with Gasteiger partial charge in [-0.1, -0.05) is 23.4 Å². The molecule has 2 aliphatic rings. The molecule has 3 N–H and O–H groups in total. The second kappa shape index (κ2) is 9.39. The van der Waals surface area contributed by atoms with Crippen LogP contribution in [0.1, 0.15) is 49.4 Å². The van der Waals surface area contributed by atoms with Crippen molar-refractivity contribution in [3.63, 3.8) is 0 Å². The minimum atomic E-state index is -0.0683. The van der Waals surface area contributed by atoms with E-state index in [1.54, 1.807) is 23.1 Å². The van der Waals surface area contributed by atoms with Gasteiger partial charge in [0.1, 0.15) is 11.8 Å². The zero-order chi connectivity index (χ0) is 24.5. The van der Waals surface area contributed by atoms with E-state index >= 15 is 0 Å². The number of amides is 2. The number of carbonyl (C=O) groups excluding carboxylic acids is 1. The number of nitrogens with one attached hydrogen (secondary N) is 1. The number of hydrogen-bond donors (Lipinski definition) is 2. The summed E-state index contributed by atoms with van der Waals surface area (Å²) in [4.78, 5) is 19.1. The van der Waals surface area contributed by atoms with Crippen LogP contribution in [0.5, 0.6) is 5.75 Å². The third-order valence-corrected chi connectivity index (χ3v) is 6.46. The lowest BCUT2D eigenvalue weighted by molar-refractivity contribution is 0.204. The molecule has 1 saturated heterocycles. The largest absolute Gasteiger partial charge is 0.490 e. The van der Waals surface area contributed by atoms with Gasteiger partial charge in [0.05, 0.1) is 17.7 Å². The Bertz CT molecular complexity index is 1290. The maximum absolute atomic E-state index is 12.7. The van der Waals surface area contributed by atoms with Gasteiger partial charge in [-0.2, -0.15) is 10.2 Å². The number of rotatable bonds is 5. The van der Waals surface area contributed by atoms with Crippen molar-refractivity contribution in [1.29, 1.82) is 5.26 Å². The zero-order valence-corrected chi connectivity index (χ0v) is 19.8. The maximum atomic E-state index is 12.7. The average Bonchev–Trinajstić information content (AvgIpc) is 3.59. The van der Waals surface area contributed by atoms with E-state index < -0.39 is 0 Å². The van der Waals surface area contributed by atoms with Crippen LogP contribution in [-0.2, 0) is 6.42 Å². The Morgan fingerprint density at radius 2 is 2.17 bits per heavy atom. The highest BCUT2D eigenvalue weighted by Crippen LogP contribution is 2.38. The predicted molar refractivity (Wildman–Crippen MR) is 129 cm³/mol. The highest BCUT2D eigenvalue weighted by atomic mass is 16.5. The average molecular weight is 473 g/mol. The summed E-state index contributed by atoms with van der Waals surface area (Å²) in [5.74, 6) is 1.34. The minimum Gasteiger partial charge on any atom is -0.490 e. The molecule has 180 valence electrons. The number of nitrogens with zero attached hydrogens (tertiary/aromatic N) is 4. The molecular weight excluding hydrogens is 444 g/mol. The van der Waals surface area contributed by atoms with Crippen molar-refractivity contribution < 1.29 is 14.1 Å². The number of nitriles is 1. The SMILES string of the molecule is CC(C)Oc1ccc(-c2nc(-c3cccc4c3CC[C@@H]4NC(=O)N3CC[C@H](N)C3)no2)cc1C#N. The monoisotopic (exact) mass is 472 g/mol. The molecule has 2 heterocycles. The molecule has 2 atom stereocenters. The number of urea groups is 1. The van der Waals surface area contributed by atoms with Crippen LogP contribution >= 0.6 is 0 Å². The van der Waals surface area contributed by atoms with Gasteiger partial charge in [0.2, 0.25) is 5.82 Å². The van der Waals surface area contributed by atoms with Crippen molar-refractivity contribution in [2.75, 3.05) is 13.1 Å². The molecule has 2 amide bonds. The minimum absolute atomic E-state index is 0.0373. The van der Waals surface area contributed by atoms with Crippen molar-refractivity contribution in [2.45, 2.75) is 51.3 Å². The predicted octanol–water partition coefficient (Wildman–Crippen LogP) is 3.79. The fraction of sp³-hybridized carbons (Fsp3) is 0.385. The van der Waals surface area contributed by atoms with Crippen LogP contribution in [0.4, 0.5) is 4.79 Å². The summed E-state index contributed by atoms with van der Waals surface area (Å²) in [5, 5.41) is 16.9. The first-order valence-electron chi connectivity index (χ1n) is 11.9. The van der Waals surface area contributed by atoms with E-state index in [9.17, 15) is 10.1 Å². The van der Waals surface area contributed by atoms with E-state index in [1.807, 2.05) is 32.0 Å². The normalized spacial score (nSPS) is 19.0. The van der Waals surface area contributed by atoms with Gasteiger partial charge < -0.3 is 25.2 Å². The standard InChI is InChI=1S/C26H28N6O3/c1-15(2)34-23-9-6-16(12-17(23)13-27)25-30-24(31-35-25)21-5-3-4-20-19(21)7-8-22(20)29-26(33)32-11-10-18(28)14-32/h3-6,9,12,15,18,22H,7-8,10-11,14,28H2,1-2H3,(H,29,33)/t18-,22-/m0/s1. The van der Waals surface area contributed by atoms with Crippen LogP contribution in [-0.4, -0.2) is 46.3 Å². The molecule has 0 saturated carbocycles. The van der Waals surface area contributed by atoms with Gasteiger partial charge in [-0.05, 0) is 62.4 Å². The lowest BCUT2D eigenvalue weighted by Crippen LogP contribution is -2.41. The van der Waals surface area contributed by atoms with Gasteiger partial charge in [-0.3, -0.25) is 0 Å². The van der Waals surface area contributed by atoms with Gasteiger partial charge in [-0.15, -0.1) is 0 Å². The second-order valence-electron chi connectivity index (χ2n) is 9.32. The Kier molecular flexibility index (Phi) is 6.14. The van der Waals surface area contributed by atoms with E-state index in [1.165, 1.54) is 0 Å². The summed E-state index contributed by atoms with van der Waals surface area (Å²) in [7, 11) is 0. The van der Waals surface area contributed by atoms with Crippen LogP contribution in [0.25, 0.3) is 22.8 Å². The van der Waals surface area contributed by atoms with Crippen LogP contribution < -0.4 is 15.8 Å². The number of aromatic nitrogens is 2. The van der Waals surface area contributed by atoms with Crippen molar-refractivity contribution >= 4 is 6.03 Å². The first kappa shape index (κ1) is 22.9. The van der Waals surface area contributed by atoms with E-state index in [4.69, 9.17) is 15.0 Å². The smallest absolute Gasteiger partial charge is 0.317 e. The molecule has 3 aromatic rings. The third-order valence-electron chi connectivity index (χ3n) is 6.46. The highest BCUT2D eigenvalue weighted by molar-refractivity contribution is 5.76. The van der Waals surface area contributed by atoms with Crippen LogP contribution in [0.3, 0.4) is 0 Å². The third kappa shape index (κ3) is 4.57. The number of ether oxygens (including phenoxy) is 1. The number of carbonyl (C=O) groups is 1. The van der Waals surface area contributed by atoms with Gasteiger partial charge in [0, 0.05) is 30.3 Å². The summed E-state index contributed by atoms with van der Waals surface area (Å²) in [6, 6.07) is 13.3. The van der Waals surface area contributed by atoms with Crippen molar-refractivity contribution in [3.8, 4) is 34.7 Å². The fourth-order valence-corrected chi connectivity index (χ4v) is 4.78. The molecule has 9 heteroatoms. The van der Waals surface area contributed by atoms with Crippen molar-refractivity contribution in [3.05, 3.63) is 53.1 Å². The molecule has 35 heavy (non-hydrogen) atoms. The molecule has 2 aromatic carbocycles. The molecule has 0 radical (unpaired) electrons. The fourth-order valence-electron chi connectivity index (χ4n) is 4.78. The molecular formula is C26H28N6O3. The Hall–Kier alpha value is -3.90. The molecule has 0 spiro atoms. The van der Waals surface area contributed by atoms with Crippen molar-refractivity contribution in [1.82, 2.24) is 20.4 Å². The van der Waals surface area contributed by atoms with Gasteiger partial charge in [0.25, 0.3) is 5.89 Å². The maximum Gasteiger partial charge on any atom is 0.317 e. The first-order chi connectivity index (χ1) is 16.9. The number of benzene rings is 2. The van der Waals surface area contributed by atoms with E-state index in [2.05, 4.69) is 21.5 Å². The summed E-state index contributed by atoms with van der Waals surface area (Å²) in [6.45, 7) is 5.11. The van der Waals surface area contributed by atoms with Crippen molar-refractivity contribution in [2.24, 2.45) is 5.73 Å². The van der Waals surface area contributed by atoms with Gasteiger partial charge >= 0.3 is 6.03 Å². The van der Waals surface area contributed by atoms with Crippen LogP contribution in [0.2, 0.25) is 0 Å².